The molecule has 169 valence electrons. The van der Waals surface area contributed by atoms with Gasteiger partial charge >= 0.3 is 0 Å². The highest BCUT2D eigenvalue weighted by Gasteiger charge is 2.17. The molecule has 0 saturated carbocycles. The molecule has 2 nitrogen and oxygen atoms in total. The Kier molecular flexibility index (Phi) is 10.9. The van der Waals surface area contributed by atoms with Gasteiger partial charge in [-0.25, -0.2) is 0 Å². The average molecular weight is 430 g/mol. The third kappa shape index (κ3) is 8.16. The summed E-state index contributed by atoms with van der Waals surface area (Å²) in [4.78, 5) is 0. The van der Waals surface area contributed by atoms with Crippen LogP contribution in [0, 0.1) is 5.92 Å². The molecule has 0 spiro atoms. The van der Waals surface area contributed by atoms with Gasteiger partial charge in [0.15, 0.2) is 6.79 Å². The van der Waals surface area contributed by atoms with E-state index in [1.54, 1.807) is 0 Å². The largest absolute Gasteiger partial charge is 0.468 e. The fourth-order valence-electron chi connectivity index (χ4n) is 3.93. The Hall–Kier alpha value is -2.58. The summed E-state index contributed by atoms with van der Waals surface area (Å²) in [6, 6.07) is 29.4. The molecule has 0 aliphatic carbocycles. The van der Waals surface area contributed by atoms with Crippen LogP contribution in [0.1, 0.15) is 75.0 Å². The van der Waals surface area contributed by atoms with Crippen LogP contribution in [0.5, 0.6) is 5.75 Å². The van der Waals surface area contributed by atoms with Crippen molar-refractivity contribution in [1.82, 2.24) is 0 Å². The first kappa shape index (κ1) is 24.1. The van der Waals surface area contributed by atoms with Gasteiger partial charge in [-0.05, 0) is 35.2 Å². The Morgan fingerprint density at radius 2 is 1.06 bits per heavy atom. The zero-order valence-corrected chi connectivity index (χ0v) is 19.5. The van der Waals surface area contributed by atoms with E-state index in [1.165, 1.54) is 67.6 Å². The molecule has 0 atom stereocenters. The Morgan fingerprint density at radius 3 is 1.62 bits per heavy atom. The van der Waals surface area contributed by atoms with E-state index in [0.717, 1.165) is 18.8 Å². The molecule has 0 N–H and O–H groups in total. The maximum absolute atomic E-state index is 5.79. The van der Waals surface area contributed by atoms with Gasteiger partial charge in [-0.1, -0.05) is 125 Å². The monoisotopic (exact) mass is 429 g/mol. The van der Waals surface area contributed by atoms with Gasteiger partial charge in [0.25, 0.3) is 0 Å². The highest BCUT2D eigenvalue weighted by atomic mass is 16.7. The van der Waals surface area contributed by atoms with Crippen LogP contribution in [-0.4, -0.2) is 13.4 Å². The lowest BCUT2D eigenvalue weighted by atomic mass is 9.85. The molecule has 0 aromatic heterocycles. The number of hydrogen-bond donors (Lipinski definition) is 0. The first-order valence-electron chi connectivity index (χ1n) is 12.2. The zero-order valence-electron chi connectivity index (χ0n) is 19.5. The van der Waals surface area contributed by atoms with E-state index in [9.17, 15) is 0 Å². The summed E-state index contributed by atoms with van der Waals surface area (Å²) >= 11 is 0. The summed E-state index contributed by atoms with van der Waals surface area (Å²) in [5.74, 6) is 2.06. The van der Waals surface area contributed by atoms with Crippen molar-refractivity contribution in [2.24, 2.45) is 0 Å². The number of benzene rings is 3. The topological polar surface area (TPSA) is 18.5 Å². The third-order valence-electron chi connectivity index (χ3n) is 5.72. The molecule has 0 saturated heterocycles. The lowest BCUT2D eigenvalue weighted by Gasteiger charge is -2.18. The maximum Gasteiger partial charge on any atom is 0.189 e. The molecule has 0 unspecified atom stereocenters. The number of rotatable bonds is 15. The fourth-order valence-corrected chi connectivity index (χ4v) is 3.93. The van der Waals surface area contributed by atoms with Crippen LogP contribution in [0.3, 0.4) is 0 Å². The quantitative estimate of drug-likeness (QED) is 0.138. The van der Waals surface area contributed by atoms with E-state index in [2.05, 4.69) is 79.7 Å². The Morgan fingerprint density at radius 1 is 0.562 bits per heavy atom. The molecule has 1 radical (unpaired) electrons. The third-order valence-corrected chi connectivity index (χ3v) is 5.72. The van der Waals surface area contributed by atoms with Crippen LogP contribution in [0.15, 0.2) is 84.9 Å². The van der Waals surface area contributed by atoms with E-state index in [4.69, 9.17) is 9.47 Å². The summed E-state index contributed by atoms with van der Waals surface area (Å²) in [6.07, 6.45) is 10.5. The SMILES string of the molecule is CCCCCCCCCCOCOc1ccc([C](c2ccccc2)c2ccccc2)cc1. The molecule has 3 aromatic carbocycles. The lowest BCUT2D eigenvalue weighted by Crippen LogP contribution is -2.06. The minimum Gasteiger partial charge on any atom is -0.468 e. The Labute approximate surface area is 194 Å². The smallest absolute Gasteiger partial charge is 0.189 e. The molecule has 0 aliphatic heterocycles. The first-order chi connectivity index (χ1) is 15.9. The molecular formula is C30H37O2. The van der Waals surface area contributed by atoms with Crippen LogP contribution in [0.2, 0.25) is 0 Å². The number of hydrogen-bond acceptors (Lipinski definition) is 2. The molecule has 2 heteroatoms. The number of ether oxygens (including phenoxy) is 2. The van der Waals surface area contributed by atoms with Crippen molar-refractivity contribution >= 4 is 0 Å². The molecule has 3 rings (SSSR count). The standard InChI is InChI=1S/C30H37O2/c1-2-3-4-5-6-7-8-15-24-31-25-32-29-22-20-28(21-23-29)30(26-16-11-9-12-17-26)27-18-13-10-14-19-27/h9-14,16-23H,2-8,15,24-25H2,1H3. The predicted octanol–water partition coefficient (Wildman–Crippen LogP) is 8.20. The van der Waals surface area contributed by atoms with Crippen molar-refractivity contribution in [1.29, 1.82) is 0 Å². The minimum atomic E-state index is 0.309. The average Bonchev–Trinajstić information content (AvgIpc) is 2.85. The van der Waals surface area contributed by atoms with Gasteiger partial charge in [-0.15, -0.1) is 0 Å². The lowest BCUT2D eigenvalue weighted by molar-refractivity contribution is 0.0135. The van der Waals surface area contributed by atoms with Crippen LogP contribution in [0.4, 0.5) is 0 Å². The normalized spacial score (nSPS) is 11.1. The van der Waals surface area contributed by atoms with Crippen molar-refractivity contribution < 1.29 is 9.47 Å². The summed E-state index contributed by atoms with van der Waals surface area (Å²) in [5, 5.41) is 0. The summed E-state index contributed by atoms with van der Waals surface area (Å²) < 4.78 is 11.5. The van der Waals surface area contributed by atoms with Crippen molar-refractivity contribution in [3.8, 4) is 5.75 Å². The highest BCUT2D eigenvalue weighted by molar-refractivity contribution is 5.57. The molecular weight excluding hydrogens is 392 g/mol. The van der Waals surface area contributed by atoms with Gasteiger partial charge in [0.2, 0.25) is 0 Å². The van der Waals surface area contributed by atoms with Crippen LogP contribution in [0.25, 0.3) is 0 Å². The van der Waals surface area contributed by atoms with E-state index in [0.29, 0.717) is 6.79 Å². The van der Waals surface area contributed by atoms with Crippen molar-refractivity contribution in [2.75, 3.05) is 13.4 Å². The van der Waals surface area contributed by atoms with Crippen molar-refractivity contribution in [2.45, 2.75) is 58.3 Å². The van der Waals surface area contributed by atoms with E-state index < -0.39 is 0 Å². The van der Waals surface area contributed by atoms with Gasteiger partial charge in [0.1, 0.15) is 5.75 Å². The molecule has 0 bridgehead atoms. The van der Waals surface area contributed by atoms with Gasteiger partial charge in [-0.3, -0.25) is 0 Å². The van der Waals surface area contributed by atoms with Gasteiger partial charge in [-0.2, -0.15) is 0 Å². The van der Waals surface area contributed by atoms with Gasteiger partial charge in [0.05, 0.1) is 12.5 Å². The van der Waals surface area contributed by atoms with Crippen LogP contribution >= 0.6 is 0 Å². The summed E-state index contributed by atoms with van der Waals surface area (Å²) in [7, 11) is 0. The second kappa shape index (κ2) is 14.5. The van der Waals surface area contributed by atoms with Crippen LogP contribution in [-0.2, 0) is 4.74 Å². The van der Waals surface area contributed by atoms with E-state index in [-0.39, 0.29) is 0 Å². The molecule has 0 heterocycles. The summed E-state index contributed by atoms with van der Waals surface area (Å²) in [5.41, 5.74) is 3.59. The minimum absolute atomic E-state index is 0.309. The van der Waals surface area contributed by atoms with Gasteiger partial charge in [0, 0.05) is 0 Å². The second-order valence-corrected chi connectivity index (χ2v) is 8.28. The maximum atomic E-state index is 5.79. The van der Waals surface area contributed by atoms with E-state index >= 15 is 0 Å². The highest BCUT2D eigenvalue weighted by Crippen LogP contribution is 2.31. The van der Waals surface area contributed by atoms with Crippen LogP contribution < -0.4 is 4.74 Å². The molecule has 3 aromatic rings. The Bertz CT molecular complexity index is 804. The fraction of sp³-hybridized carbons (Fsp3) is 0.367. The zero-order chi connectivity index (χ0) is 22.3. The molecule has 0 amide bonds. The number of unbranched alkanes of at least 4 members (excludes halogenated alkanes) is 7. The van der Waals surface area contributed by atoms with E-state index in [1.807, 2.05) is 12.1 Å². The molecule has 0 fully saturated rings. The second-order valence-electron chi connectivity index (χ2n) is 8.28. The molecule has 0 aliphatic rings. The predicted molar refractivity (Wildman–Crippen MR) is 134 cm³/mol. The first-order valence-corrected chi connectivity index (χ1v) is 12.2. The molecule has 32 heavy (non-hydrogen) atoms. The van der Waals surface area contributed by atoms with Gasteiger partial charge < -0.3 is 9.47 Å². The Balaban J connectivity index is 1.43. The summed E-state index contributed by atoms with van der Waals surface area (Å²) in [6.45, 7) is 3.34. The van der Waals surface area contributed by atoms with Crippen molar-refractivity contribution in [3.05, 3.63) is 108 Å². The van der Waals surface area contributed by atoms with Crippen molar-refractivity contribution in [3.63, 3.8) is 0 Å².